The Balaban J connectivity index is 1.95. The largest absolute Gasteiger partial charge is 0.481 e. The van der Waals surface area contributed by atoms with E-state index < -0.39 is 5.97 Å². The average molecular weight is 324 g/mol. The molecule has 2 aromatic heterocycles. The maximum Gasteiger partial charge on any atom is 0.307 e. The van der Waals surface area contributed by atoms with E-state index in [9.17, 15) is 4.79 Å². The van der Waals surface area contributed by atoms with Crippen molar-refractivity contribution < 1.29 is 14.3 Å². The maximum atomic E-state index is 10.9. The van der Waals surface area contributed by atoms with Crippen molar-refractivity contribution in [1.29, 1.82) is 0 Å². The highest BCUT2D eigenvalue weighted by Crippen LogP contribution is 2.28. The van der Waals surface area contributed by atoms with Gasteiger partial charge in [-0.25, -0.2) is 0 Å². The first-order chi connectivity index (χ1) is 11.5. The summed E-state index contributed by atoms with van der Waals surface area (Å²) in [5.74, 6) is -0.856. The van der Waals surface area contributed by atoms with Crippen molar-refractivity contribution in [3.63, 3.8) is 0 Å². The summed E-state index contributed by atoms with van der Waals surface area (Å²) in [6.07, 6.45) is 6.06. The summed E-state index contributed by atoms with van der Waals surface area (Å²) >= 11 is 0. The lowest BCUT2D eigenvalue weighted by molar-refractivity contribution is -0.136. The van der Waals surface area contributed by atoms with E-state index in [1.165, 1.54) is 5.56 Å². The first-order valence-electron chi connectivity index (χ1n) is 7.84. The summed E-state index contributed by atoms with van der Waals surface area (Å²) in [7, 11) is 4.10. The molecule has 0 aliphatic carbocycles. The van der Waals surface area contributed by atoms with E-state index in [-0.39, 0.29) is 6.42 Å². The first-order valence-corrected chi connectivity index (χ1v) is 7.84. The Kier molecular flexibility index (Phi) is 4.62. The minimum Gasteiger partial charge on any atom is -0.481 e. The second-order valence-electron chi connectivity index (χ2n) is 6.18. The fraction of sp³-hybridized carbons (Fsp3) is 0.263. The van der Waals surface area contributed by atoms with Crippen LogP contribution in [-0.2, 0) is 17.6 Å². The van der Waals surface area contributed by atoms with E-state index in [1.54, 1.807) is 12.4 Å². The Morgan fingerprint density at radius 1 is 1.21 bits per heavy atom. The maximum absolute atomic E-state index is 10.9. The molecule has 0 atom stereocenters. The van der Waals surface area contributed by atoms with Gasteiger partial charge in [0.15, 0.2) is 0 Å². The van der Waals surface area contributed by atoms with Gasteiger partial charge in [-0.15, -0.1) is 0 Å². The van der Waals surface area contributed by atoms with Crippen LogP contribution in [0.4, 0.5) is 0 Å². The van der Waals surface area contributed by atoms with Crippen LogP contribution in [-0.4, -0.2) is 41.6 Å². The Morgan fingerprint density at radius 2 is 2.04 bits per heavy atom. The number of carboxylic acids is 1. The third kappa shape index (κ3) is 3.63. The third-order valence-corrected chi connectivity index (χ3v) is 3.97. The highest BCUT2D eigenvalue weighted by molar-refractivity contribution is 5.86. The Bertz CT molecular complexity index is 868. The number of fused-ring (bicyclic) bond motifs is 1. The summed E-state index contributed by atoms with van der Waals surface area (Å²) < 4.78 is 5.64. The Hall–Kier alpha value is -2.66. The molecule has 3 aromatic rings. The van der Waals surface area contributed by atoms with Gasteiger partial charge in [-0.3, -0.25) is 9.78 Å². The number of likely N-dealkylation sites (N-methyl/N-ethyl adjacent to an activating group) is 1. The molecule has 0 fully saturated rings. The van der Waals surface area contributed by atoms with Crippen LogP contribution in [0.2, 0.25) is 0 Å². The van der Waals surface area contributed by atoms with E-state index in [2.05, 4.69) is 16.0 Å². The molecule has 0 saturated carbocycles. The van der Waals surface area contributed by atoms with Crippen LogP contribution in [0.15, 0.2) is 47.3 Å². The van der Waals surface area contributed by atoms with Crippen molar-refractivity contribution in [3.8, 4) is 11.1 Å². The molecule has 124 valence electrons. The molecule has 0 saturated heterocycles. The summed E-state index contributed by atoms with van der Waals surface area (Å²) in [5, 5.41) is 10.0. The standard InChI is InChI=1S/C19H20N2O3/c1-21(2)6-5-15-12-24-18-4-3-14(9-17(15)18)16-7-13(8-19(22)23)10-20-11-16/h3-4,7,9-12H,5-6,8H2,1-2H3,(H,22,23). The number of carboxylic acid groups (broad SMARTS) is 1. The zero-order valence-electron chi connectivity index (χ0n) is 13.8. The average Bonchev–Trinajstić information content (AvgIpc) is 2.94. The van der Waals surface area contributed by atoms with E-state index in [1.807, 2.05) is 38.6 Å². The van der Waals surface area contributed by atoms with E-state index >= 15 is 0 Å². The van der Waals surface area contributed by atoms with Gasteiger partial charge < -0.3 is 14.4 Å². The van der Waals surface area contributed by atoms with Gasteiger partial charge in [0.1, 0.15) is 5.58 Å². The van der Waals surface area contributed by atoms with Crippen molar-refractivity contribution >= 4 is 16.9 Å². The molecule has 0 radical (unpaired) electrons. The van der Waals surface area contributed by atoms with Gasteiger partial charge in [0.05, 0.1) is 12.7 Å². The first kappa shape index (κ1) is 16.2. The summed E-state index contributed by atoms with van der Waals surface area (Å²) in [4.78, 5) is 17.2. The van der Waals surface area contributed by atoms with Gasteiger partial charge in [-0.05, 0) is 55.4 Å². The molecule has 0 aliphatic rings. The van der Waals surface area contributed by atoms with Crippen LogP contribution < -0.4 is 0 Å². The van der Waals surface area contributed by atoms with Crippen molar-refractivity contribution in [2.45, 2.75) is 12.8 Å². The lowest BCUT2D eigenvalue weighted by Crippen LogP contribution is -2.14. The molecule has 3 rings (SSSR count). The van der Waals surface area contributed by atoms with Crippen LogP contribution >= 0.6 is 0 Å². The Labute approximate surface area is 140 Å². The Morgan fingerprint density at radius 3 is 2.79 bits per heavy atom. The number of aliphatic carboxylic acids is 1. The van der Waals surface area contributed by atoms with Gasteiger partial charge in [-0.2, -0.15) is 0 Å². The fourth-order valence-electron chi connectivity index (χ4n) is 2.72. The minimum atomic E-state index is -0.856. The zero-order chi connectivity index (χ0) is 17.1. The quantitative estimate of drug-likeness (QED) is 0.754. The number of carbonyl (C=O) groups is 1. The number of hydrogen-bond acceptors (Lipinski definition) is 4. The van der Waals surface area contributed by atoms with Crippen molar-refractivity contribution in [2.24, 2.45) is 0 Å². The highest BCUT2D eigenvalue weighted by atomic mass is 16.4. The topological polar surface area (TPSA) is 66.6 Å². The summed E-state index contributed by atoms with van der Waals surface area (Å²) in [5.41, 5.74) is 4.66. The summed E-state index contributed by atoms with van der Waals surface area (Å²) in [6, 6.07) is 7.89. The predicted molar refractivity (Wildman–Crippen MR) is 93.0 cm³/mol. The molecule has 5 nitrogen and oxygen atoms in total. The van der Waals surface area contributed by atoms with E-state index in [0.29, 0.717) is 5.56 Å². The lowest BCUT2D eigenvalue weighted by atomic mass is 10.0. The smallest absolute Gasteiger partial charge is 0.307 e. The number of pyridine rings is 1. The molecule has 0 aliphatic heterocycles. The molecular weight excluding hydrogens is 304 g/mol. The molecule has 2 heterocycles. The zero-order valence-corrected chi connectivity index (χ0v) is 13.8. The van der Waals surface area contributed by atoms with Crippen molar-refractivity contribution in [2.75, 3.05) is 20.6 Å². The monoisotopic (exact) mass is 324 g/mol. The van der Waals surface area contributed by atoms with Crippen molar-refractivity contribution in [3.05, 3.63) is 54.0 Å². The molecule has 5 heteroatoms. The second-order valence-corrected chi connectivity index (χ2v) is 6.18. The van der Waals surface area contributed by atoms with Crippen LogP contribution in [0.1, 0.15) is 11.1 Å². The van der Waals surface area contributed by atoms with Crippen LogP contribution in [0, 0.1) is 0 Å². The number of furan rings is 1. The number of nitrogens with zero attached hydrogens (tertiary/aromatic N) is 2. The minimum absolute atomic E-state index is 0.0249. The van der Waals surface area contributed by atoms with Crippen molar-refractivity contribution in [1.82, 2.24) is 9.88 Å². The number of rotatable bonds is 6. The lowest BCUT2D eigenvalue weighted by Gasteiger charge is -2.08. The normalized spacial score (nSPS) is 11.3. The molecule has 1 N–H and O–H groups in total. The van der Waals surface area contributed by atoms with Crippen LogP contribution in [0.5, 0.6) is 0 Å². The molecule has 0 amide bonds. The van der Waals surface area contributed by atoms with Gasteiger partial charge in [0, 0.05) is 29.9 Å². The molecule has 0 bridgehead atoms. The van der Waals surface area contributed by atoms with E-state index in [4.69, 9.17) is 9.52 Å². The number of aromatic nitrogens is 1. The second kappa shape index (κ2) is 6.84. The summed E-state index contributed by atoms with van der Waals surface area (Å²) in [6.45, 7) is 0.953. The van der Waals surface area contributed by atoms with Gasteiger partial charge in [0.25, 0.3) is 0 Å². The van der Waals surface area contributed by atoms with Gasteiger partial charge in [0.2, 0.25) is 0 Å². The molecule has 24 heavy (non-hydrogen) atoms. The molecular formula is C19H20N2O3. The number of hydrogen-bond donors (Lipinski definition) is 1. The molecule has 0 spiro atoms. The predicted octanol–water partition coefficient (Wildman–Crippen LogP) is 3.23. The van der Waals surface area contributed by atoms with Crippen LogP contribution in [0.25, 0.3) is 22.1 Å². The molecule has 0 unspecified atom stereocenters. The highest BCUT2D eigenvalue weighted by Gasteiger charge is 2.09. The van der Waals surface area contributed by atoms with Crippen LogP contribution in [0.3, 0.4) is 0 Å². The van der Waals surface area contributed by atoms with Gasteiger partial charge in [-0.1, -0.05) is 6.07 Å². The molecule has 1 aromatic carbocycles. The number of benzene rings is 1. The van der Waals surface area contributed by atoms with E-state index in [0.717, 1.165) is 35.1 Å². The SMILES string of the molecule is CN(C)CCc1coc2ccc(-c3cncc(CC(=O)O)c3)cc12. The fourth-order valence-corrected chi connectivity index (χ4v) is 2.72. The third-order valence-electron chi connectivity index (χ3n) is 3.97. The van der Waals surface area contributed by atoms with Gasteiger partial charge >= 0.3 is 5.97 Å².